The standard InChI is InChI=1S/C24H25BrN4O2/c1-31-19-9-10-21(25)20(16-19)24(30)26-18-8-6-7-17(15-18)22-11-12-23(28-27-22)29-13-4-2-3-5-14-29/h6-12,15-16H,2-5,13-14H2,1H3,(H,26,30). The molecule has 4 rings (SSSR count). The molecule has 1 N–H and O–H groups in total. The summed E-state index contributed by atoms with van der Waals surface area (Å²) in [4.78, 5) is 15.1. The van der Waals surface area contributed by atoms with Crippen LogP contribution in [-0.2, 0) is 0 Å². The normalized spacial score (nSPS) is 14.1. The van der Waals surface area contributed by atoms with Crippen molar-refractivity contribution in [1.82, 2.24) is 10.2 Å². The van der Waals surface area contributed by atoms with E-state index in [4.69, 9.17) is 4.74 Å². The van der Waals surface area contributed by atoms with Gasteiger partial charge in [0, 0.05) is 28.8 Å². The minimum absolute atomic E-state index is 0.217. The van der Waals surface area contributed by atoms with Crippen molar-refractivity contribution in [2.24, 2.45) is 0 Å². The van der Waals surface area contributed by atoms with Crippen LogP contribution >= 0.6 is 15.9 Å². The number of halogens is 1. The Kier molecular flexibility index (Phi) is 6.82. The highest BCUT2D eigenvalue weighted by molar-refractivity contribution is 9.10. The Labute approximate surface area is 190 Å². The second kappa shape index (κ2) is 9.92. The molecule has 3 aromatic rings. The smallest absolute Gasteiger partial charge is 0.256 e. The fraction of sp³-hybridized carbons (Fsp3) is 0.292. The maximum Gasteiger partial charge on any atom is 0.256 e. The molecule has 1 aromatic heterocycles. The van der Waals surface area contributed by atoms with Crippen LogP contribution in [0, 0.1) is 0 Å². The van der Waals surface area contributed by atoms with Gasteiger partial charge < -0.3 is 15.0 Å². The van der Waals surface area contributed by atoms with Crippen LogP contribution in [0.1, 0.15) is 36.0 Å². The van der Waals surface area contributed by atoms with Crippen LogP contribution in [-0.4, -0.2) is 36.3 Å². The first-order valence-corrected chi connectivity index (χ1v) is 11.3. The third kappa shape index (κ3) is 5.22. The van der Waals surface area contributed by atoms with E-state index in [1.807, 2.05) is 36.4 Å². The molecule has 1 aliphatic heterocycles. The molecule has 0 spiro atoms. The highest BCUT2D eigenvalue weighted by Gasteiger charge is 2.14. The van der Waals surface area contributed by atoms with Gasteiger partial charge in [0.05, 0.1) is 18.4 Å². The van der Waals surface area contributed by atoms with Crippen molar-refractivity contribution >= 4 is 33.3 Å². The number of aromatic nitrogens is 2. The summed E-state index contributed by atoms with van der Waals surface area (Å²) in [5, 5.41) is 11.8. The number of rotatable bonds is 5. The molecule has 2 aromatic carbocycles. The lowest BCUT2D eigenvalue weighted by Gasteiger charge is -2.20. The van der Waals surface area contributed by atoms with Gasteiger partial charge in [0.2, 0.25) is 0 Å². The zero-order valence-electron chi connectivity index (χ0n) is 17.5. The quantitative estimate of drug-likeness (QED) is 0.518. The summed E-state index contributed by atoms with van der Waals surface area (Å²) in [7, 11) is 1.58. The van der Waals surface area contributed by atoms with E-state index in [-0.39, 0.29) is 5.91 Å². The molecule has 1 aliphatic rings. The SMILES string of the molecule is COc1ccc(Br)c(C(=O)Nc2cccc(-c3ccc(N4CCCCCC4)nn3)c2)c1. The minimum Gasteiger partial charge on any atom is -0.497 e. The van der Waals surface area contributed by atoms with E-state index in [0.29, 0.717) is 21.5 Å². The highest BCUT2D eigenvalue weighted by atomic mass is 79.9. The topological polar surface area (TPSA) is 67.3 Å². The van der Waals surface area contributed by atoms with Gasteiger partial charge in [-0.1, -0.05) is 25.0 Å². The molecule has 0 saturated carbocycles. The fourth-order valence-electron chi connectivity index (χ4n) is 3.71. The number of carbonyl (C=O) groups excluding carboxylic acids is 1. The van der Waals surface area contributed by atoms with Crippen molar-refractivity contribution in [3.63, 3.8) is 0 Å². The molecule has 1 fully saturated rings. The predicted octanol–water partition coefficient (Wildman–Crippen LogP) is 5.55. The van der Waals surface area contributed by atoms with Crippen LogP contribution < -0.4 is 15.0 Å². The highest BCUT2D eigenvalue weighted by Crippen LogP contribution is 2.26. The molecule has 31 heavy (non-hydrogen) atoms. The maximum absolute atomic E-state index is 12.8. The first kappa shape index (κ1) is 21.3. The van der Waals surface area contributed by atoms with Gasteiger partial charge in [-0.2, -0.15) is 0 Å². The predicted molar refractivity (Wildman–Crippen MR) is 127 cm³/mol. The summed E-state index contributed by atoms with van der Waals surface area (Å²) in [5.74, 6) is 1.34. The van der Waals surface area contributed by atoms with Crippen LogP contribution in [0.15, 0.2) is 59.1 Å². The number of nitrogens with one attached hydrogen (secondary N) is 1. The Balaban J connectivity index is 1.50. The van der Waals surface area contributed by atoms with Crippen LogP contribution in [0.25, 0.3) is 11.3 Å². The van der Waals surface area contributed by atoms with Crippen LogP contribution in [0.5, 0.6) is 5.75 Å². The first-order chi connectivity index (χ1) is 15.1. The summed E-state index contributed by atoms with van der Waals surface area (Å²) in [6.07, 6.45) is 4.98. The third-order valence-corrected chi connectivity index (χ3v) is 6.11. The molecular weight excluding hydrogens is 456 g/mol. The third-order valence-electron chi connectivity index (χ3n) is 5.41. The first-order valence-electron chi connectivity index (χ1n) is 10.5. The summed E-state index contributed by atoms with van der Waals surface area (Å²) in [6.45, 7) is 2.07. The molecule has 1 saturated heterocycles. The van der Waals surface area contributed by atoms with Gasteiger partial charge >= 0.3 is 0 Å². The summed E-state index contributed by atoms with van der Waals surface area (Å²) < 4.78 is 5.93. The number of benzene rings is 2. The lowest BCUT2D eigenvalue weighted by Crippen LogP contribution is -2.25. The molecule has 7 heteroatoms. The van der Waals surface area contributed by atoms with E-state index < -0.39 is 0 Å². The number of hydrogen-bond acceptors (Lipinski definition) is 5. The van der Waals surface area contributed by atoms with Gasteiger partial charge in [0.25, 0.3) is 5.91 Å². The number of carbonyl (C=O) groups is 1. The Bertz CT molecular complexity index is 1050. The van der Waals surface area contributed by atoms with E-state index in [0.717, 1.165) is 30.2 Å². The Morgan fingerprint density at radius 3 is 2.52 bits per heavy atom. The Morgan fingerprint density at radius 1 is 1.00 bits per heavy atom. The molecule has 0 radical (unpaired) electrons. The van der Waals surface area contributed by atoms with E-state index >= 15 is 0 Å². The van der Waals surface area contributed by atoms with Gasteiger partial charge in [-0.3, -0.25) is 4.79 Å². The van der Waals surface area contributed by atoms with Crippen molar-refractivity contribution in [3.8, 4) is 17.0 Å². The molecule has 1 amide bonds. The van der Waals surface area contributed by atoms with Crippen molar-refractivity contribution in [2.45, 2.75) is 25.7 Å². The lowest BCUT2D eigenvalue weighted by atomic mass is 10.1. The Hall–Kier alpha value is -2.93. The summed E-state index contributed by atoms with van der Waals surface area (Å²) in [5.41, 5.74) is 2.87. The molecular formula is C24H25BrN4O2. The Morgan fingerprint density at radius 2 is 1.81 bits per heavy atom. The van der Waals surface area contributed by atoms with Crippen LogP contribution in [0.3, 0.4) is 0 Å². The van der Waals surface area contributed by atoms with Gasteiger partial charge in [0.1, 0.15) is 5.75 Å². The number of ether oxygens (including phenoxy) is 1. The van der Waals surface area contributed by atoms with Gasteiger partial charge in [0.15, 0.2) is 5.82 Å². The van der Waals surface area contributed by atoms with Gasteiger partial charge in [-0.25, -0.2) is 0 Å². The molecule has 0 bridgehead atoms. The van der Waals surface area contributed by atoms with E-state index in [9.17, 15) is 4.79 Å². The number of hydrogen-bond donors (Lipinski definition) is 1. The average molecular weight is 481 g/mol. The maximum atomic E-state index is 12.8. The fourth-order valence-corrected chi connectivity index (χ4v) is 4.13. The molecule has 160 valence electrons. The van der Waals surface area contributed by atoms with Crippen molar-refractivity contribution in [1.29, 1.82) is 0 Å². The zero-order chi connectivity index (χ0) is 21.6. The molecule has 2 heterocycles. The minimum atomic E-state index is -0.217. The number of methoxy groups -OCH3 is 1. The monoisotopic (exact) mass is 480 g/mol. The van der Waals surface area contributed by atoms with Crippen molar-refractivity contribution < 1.29 is 9.53 Å². The molecule has 6 nitrogen and oxygen atoms in total. The van der Waals surface area contributed by atoms with Gasteiger partial charge in [-0.05, 0) is 71.2 Å². The van der Waals surface area contributed by atoms with Crippen molar-refractivity contribution in [3.05, 3.63) is 64.6 Å². The zero-order valence-corrected chi connectivity index (χ0v) is 19.1. The van der Waals surface area contributed by atoms with E-state index in [2.05, 4.69) is 36.3 Å². The lowest BCUT2D eigenvalue weighted by molar-refractivity contribution is 0.102. The number of nitrogens with zero attached hydrogens (tertiary/aromatic N) is 3. The average Bonchev–Trinajstić information content (AvgIpc) is 3.09. The number of anilines is 2. The molecule has 0 unspecified atom stereocenters. The summed E-state index contributed by atoms with van der Waals surface area (Å²) in [6, 6.07) is 17.0. The molecule has 0 atom stereocenters. The van der Waals surface area contributed by atoms with E-state index in [1.165, 1.54) is 25.7 Å². The second-order valence-corrected chi connectivity index (χ2v) is 8.41. The van der Waals surface area contributed by atoms with Crippen LogP contribution in [0.4, 0.5) is 11.5 Å². The van der Waals surface area contributed by atoms with Gasteiger partial charge in [-0.15, -0.1) is 10.2 Å². The van der Waals surface area contributed by atoms with E-state index in [1.54, 1.807) is 25.3 Å². The summed E-state index contributed by atoms with van der Waals surface area (Å²) >= 11 is 3.43. The van der Waals surface area contributed by atoms with Crippen molar-refractivity contribution in [2.75, 3.05) is 30.4 Å². The second-order valence-electron chi connectivity index (χ2n) is 7.56. The van der Waals surface area contributed by atoms with Crippen LogP contribution in [0.2, 0.25) is 0 Å². The number of amides is 1. The molecule has 0 aliphatic carbocycles. The largest absolute Gasteiger partial charge is 0.497 e.